The van der Waals surface area contributed by atoms with E-state index in [4.69, 9.17) is 9.72 Å². The van der Waals surface area contributed by atoms with Crippen LogP contribution in [0.3, 0.4) is 0 Å². The van der Waals surface area contributed by atoms with Gasteiger partial charge in [0.05, 0.1) is 17.9 Å². The molecule has 1 saturated heterocycles. The number of hydrogen-bond acceptors (Lipinski definition) is 4. The highest BCUT2D eigenvalue weighted by atomic mass is 16.5. The summed E-state index contributed by atoms with van der Waals surface area (Å²) in [7, 11) is 0. The summed E-state index contributed by atoms with van der Waals surface area (Å²) in [6.45, 7) is 8.86. The molecule has 25 heavy (non-hydrogen) atoms. The minimum Gasteiger partial charge on any atom is -0.368 e. The highest BCUT2D eigenvalue weighted by Crippen LogP contribution is 2.26. The molecule has 1 aromatic carbocycles. The van der Waals surface area contributed by atoms with Crippen molar-refractivity contribution in [3.63, 3.8) is 0 Å². The lowest BCUT2D eigenvalue weighted by atomic mass is 10.1. The van der Waals surface area contributed by atoms with Crippen molar-refractivity contribution in [3.8, 4) is 0 Å². The van der Waals surface area contributed by atoms with Crippen LogP contribution in [0, 0.1) is 13.8 Å². The normalized spacial score (nSPS) is 21.7. The number of morpholine rings is 1. The van der Waals surface area contributed by atoms with E-state index in [-0.39, 0.29) is 12.2 Å². The van der Waals surface area contributed by atoms with Gasteiger partial charge in [0.15, 0.2) is 0 Å². The van der Waals surface area contributed by atoms with Crippen LogP contribution in [0.1, 0.15) is 35.7 Å². The third kappa shape index (κ3) is 3.43. The summed E-state index contributed by atoms with van der Waals surface area (Å²) in [4.78, 5) is 11.7. The van der Waals surface area contributed by atoms with Gasteiger partial charge in [0.2, 0.25) is 5.78 Å². The summed E-state index contributed by atoms with van der Waals surface area (Å²) >= 11 is 0. The number of fused-ring (bicyclic) bond motifs is 1. The van der Waals surface area contributed by atoms with Gasteiger partial charge >= 0.3 is 0 Å². The Morgan fingerprint density at radius 2 is 1.92 bits per heavy atom. The van der Waals surface area contributed by atoms with Crippen molar-refractivity contribution in [3.05, 3.63) is 65.2 Å². The van der Waals surface area contributed by atoms with Gasteiger partial charge in [-0.3, -0.25) is 9.30 Å². The number of aromatic nitrogens is 3. The smallest absolute Gasteiger partial charge is 0.234 e. The van der Waals surface area contributed by atoms with Gasteiger partial charge < -0.3 is 4.74 Å². The first-order chi connectivity index (χ1) is 12.1. The van der Waals surface area contributed by atoms with Crippen molar-refractivity contribution >= 4 is 5.78 Å². The van der Waals surface area contributed by atoms with Gasteiger partial charge in [-0.05, 0) is 32.4 Å². The molecule has 0 bridgehead atoms. The fourth-order valence-electron chi connectivity index (χ4n) is 3.64. The van der Waals surface area contributed by atoms with Crippen LogP contribution in [-0.4, -0.2) is 38.5 Å². The predicted octanol–water partition coefficient (Wildman–Crippen LogP) is 3.31. The Balaban J connectivity index is 1.54. The van der Waals surface area contributed by atoms with Crippen molar-refractivity contribution in [1.29, 1.82) is 0 Å². The van der Waals surface area contributed by atoms with Crippen molar-refractivity contribution in [2.45, 2.75) is 39.5 Å². The van der Waals surface area contributed by atoms with E-state index in [9.17, 15) is 0 Å². The van der Waals surface area contributed by atoms with E-state index in [1.807, 2.05) is 13.0 Å². The van der Waals surface area contributed by atoms with Crippen LogP contribution in [0.15, 0.2) is 42.6 Å². The Hall–Kier alpha value is -2.24. The van der Waals surface area contributed by atoms with Gasteiger partial charge in [-0.2, -0.15) is 0 Å². The third-order valence-electron chi connectivity index (χ3n) is 4.70. The highest BCUT2D eigenvalue weighted by molar-refractivity contribution is 5.34. The first-order valence-corrected chi connectivity index (χ1v) is 8.83. The number of rotatable bonds is 3. The number of benzene rings is 1. The molecule has 0 spiro atoms. The molecule has 2 atom stereocenters. The fourth-order valence-corrected chi connectivity index (χ4v) is 3.64. The van der Waals surface area contributed by atoms with E-state index >= 15 is 0 Å². The molecule has 1 aliphatic heterocycles. The lowest BCUT2D eigenvalue weighted by molar-refractivity contribution is -0.0816. The highest BCUT2D eigenvalue weighted by Gasteiger charge is 2.26. The number of hydrogen-bond donors (Lipinski definition) is 0. The van der Waals surface area contributed by atoms with Crippen molar-refractivity contribution in [1.82, 2.24) is 19.3 Å². The monoisotopic (exact) mass is 336 g/mol. The molecule has 0 N–H and O–H groups in total. The van der Waals surface area contributed by atoms with Gasteiger partial charge in [-0.25, -0.2) is 9.97 Å². The van der Waals surface area contributed by atoms with E-state index in [0.29, 0.717) is 0 Å². The zero-order valence-corrected chi connectivity index (χ0v) is 15.0. The molecule has 3 aromatic rings. The molecule has 0 amide bonds. The van der Waals surface area contributed by atoms with E-state index in [0.717, 1.165) is 36.8 Å². The average Bonchev–Trinajstić information content (AvgIpc) is 2.97. The quantitative estimate of drug-likeness (QED) is 0.736. The standard InChI is InChI=1S/C20H24N4O/c1-14-9-15(2)24-12-18(22-20(24)21-14)11-23-10-16(3)25-19(13-23)17-7-5-4-6-8-17/h4-9,12,16,19H,10-11,13H2,1-3H3/t16-,19-/m0/s1. The van der Waals surface area contributed by atoms with Crippen LogP contribution in [0.4, 0.5) is 0 Å². The zero-order chi connectivity index (χ0) is 17.4. The van der Waals surface area contributed by atoms with Gasteiger partial charge in [0.1, 0.15) is 0 Å². The van der Waals surface area contributed by atoms with Crippen LogP contribution in [0.2, 0.25) is 0 Å². The van der Waals surface area contributed by atoms with Crippen LogP contribution < -0.4 is 0 Å². The molecule has 3 heterocycles. The summed E-state index contributed by atoms with van der Waals surface area (Å²) < 4.78 is 8.22. The van der Waals surface area contributed by atoms with Crippen molar-refractivity contribution < 1.29 is 4.74 Å². The maximum Gasteiger partial charge on any atom is 0.234 e. The average molecular weight is 336 g/mol. The van der Waals surface area contributed by atoms with Crippen molar-refractivity contribution in [2.75, 3.05) is 13.1 Å². The molecule has 1 fully saturated rings. The molecule has 0 saturated carbocycles. The maximum absolute atomic E-state index is 6.15. The predicted molar refractivity (Wildman–Crippen MR) is 97.5 cm³/mol. The SMILES string of the molecule is Cc1cc(C)n2cc(CN3C[C@@H](c4ccccc4)O[C@@H](C)C3)nc2n1. The Bertz CT molecular complexity index is 874. The summed E-state index contributed by atoms with van der Waals surface area (Å²) in [5.41, 5.74) is 4.47. The fraction of sp³-hybridized carbons (Fsp3) is 0.400. The summed E-state index contributed by atoms with van der Waals surface area (Å²) in [5, 5.41) is 0. The van der Waals surface area contributed by atoms with Crippen LogP contribution >= 0.6 is 0 Å². The molecular weight excluding hydrogens is 312 g/mol. The van der Waals surface area contributed by atoms with E-state index < -0.39 is 0 Å². The molecule has 0 radical (unpaired) electrons. The summed E-state index contributed by atoms with van der Waals surface area (Å²) in [6.07, 6.45) is 2.43. The molecule has 130 valence electrons. The molecule has 1 aliphatic rings. The second-order valence-electron chi connectivity index (χ2n) is 6.98. The molecular formula is C20H24N4O. The molecule has 0 aliphatic carbocycles. The van der Waals surface area contributed by atoms with Crippen LogP contribution in [-0.2, 0) is 11.3 Å². The molecule has 5 nitrogen and oxygen atoms in total. The first kappa shape index (κ1) is 16.2. The Morgan fingerprint density at radius 1 is 1.12 bits per heavy atom. The van der Waals surface area contributed by atoms with Crippen LogP contribution in [0.5, 0.6) is 0 Å². The topological polar surface area (TPSA) is 42.7 Å². The number of imidazole rings is 1. The molecule has 4 rings (SSSR count). The zero-order valence-electron chi connectivity index (χ0n) is 15.0. The lowest BCUT2D eigenvalue weighted by Gasteiger charge is -2.36. The minimum atomic E-state index is 0.115. The lowest BCUT2D eigenvalue weighted by Crippen LogP contribution is -2.42. The molecule has 2 aromatic heterocycles. The second-order valence-corrected chi connectivity index (χ2v) is 6.98. The molecule has 5 heteroatoms. The number of ether oxygens (including phenoxy) is 1. The minimum absolute atomic E-state index is 0.115. The van der Waals surface area contributed by atoms with Crippen molar-refractivity contribution in [2.24, 2.45) is 0 Å². The van der Waals surface area contributed by atoms with E-state index in [1.165, 1.54) is 11.3 Å². The van der Waals surface area contributed by atoms with E-state index in [2.05, 4.69) is 64.7 Å². The van der Waals surface area contributed by atoms with Crippen LogP contribution in [0.25, 0.3) is 5.78 Å². The molecule has 0 unspecified atom stereocenters. The Kier molecular flexibility index (Phi) is 4.27. The second kappa shape index (κ2) is 6.58. The Morgan fingerprint density at radius 3 is 2.72 bits per heavy atom. The summed E-state index contributed by atoms with van der Waals surface area (Å²) in [5.74, 6) is 0.786. The number of nitrogens with zero attached hydrogens (tertiary/aromatic N) is 4. The third-order valence-corrected chi connectivity index (χ3v) is 4.70. The summed E-state index contributed by atoms with van der Waals surface area (Å²) in [6, 6.07) is 12.5. The first-order valence-electron chi connectivity index (χ1n) is 8.83. The maximum atomic E-state index is 6.15. The number of aryl methyl sites for hydroxylation is 2. The van der Waals surface area contributed by atoms with Gasteiger partial charge in [-0.15, -0.1) is 0 Å². The van der Waals surface area contributed by atoms with E-state index in [1.54, 1.807) is 0 Å². The van der Waals surface area contributed by atoms with Gasteiger partial charge in [-0.1, -0.05) is 30.3 Å². The van der Waals surface area contributed by atoms with Gasteiger partial charge in [0.25, 0.3) is 0 Å². The largest absolute Gasteiger partial charge is 0.368 e. The Labute approximate surface area is 148 Å². The van der Waals surface area contributed by atoms with Gasteiger partial charge in [0, 0.05) is 37.2 Å².